The minimum Gasteiger partial charge on any atom is -0.324 e. The maximum absolute atomic E-state index is 12.4. The van der Waals surface area contributed by atoms with E-state index in [1.165, 1.54) is 6.20 Å². The zero-order chi connectivity index (χ0) is 13.3. The van der Waals surface area contributed by atoms with Crippen LogP contribution in [0.1, 0.15) is 24.1 Å². The van der Waals surface area contributed by atoms with Gasteiger partial charge in [-0.2, -0.15) is 18.3 Å². The van der Waals surface area contributed by atoms with Crippen LogP contribution in [0.5, 0.6) is 0 Å². The van der Waals surface area contributed by atoms with Crippen LogP contribution in [-0.4, -0.2) is 14.8 Å². The number of hydrogen-bond acceptors (Lipinski definition) is 3. The number of nitrogens with zero attached hydrogens (tertiary/aromatic N) is 3. The van der Waals surface area contributed by atoms with Crippen LogP contribution in [0.4, 0.5) is 13.2 Å². The first kappa shape index (κ1) is 12.6. The van der Waals surface area contributed by atoms with Crippen LogP contribution >= 0.6 is 0 Å². The third-order valence-electron chi connectivity index (χ3n) is 2.44. The lowest BCUT2D eigenvalue weighted by atomic mass is 10.2. The van der Waals surface area contributed by atoms with Crippen LogP contribution < -0.4 is 5.73 Å². The lowest BCUT2D eigenvalue weighted by Gasteiger charge is -2.06. The van der Waals surface area contributed by atoms with E-state index in [1.807, 2.05) is 0 Å². The number of halogens is 3. The van der Waals surface area contributed by atoms with Gasteiger partial charge in [-0.25, -0.2) is 9.67 Å². The predicted molar refractivity (Wildman–Crippen MR) is 59.0 cm³/mol. The van der Waals surface area contributed by atoms with Crippen LogP contribution in [0.2, 0.25) is 0 Å². The number of hydrogen-bond donors (Lipinski definition) is 1. The van der Waals surface area contributed by atoms with Gasteiger partial charge in [0.05, 0.1) is 11.8 Å². The number of aromatic nitrogens is 3. The Bertz CT molecular complexity index is 528. The fourth-order valence-electron chi connectivity index (χ4n) is 1.40. The van der Waals surface area contributed by atoms with E-state index < -0.39 is 11.7 Å². The highest BCUT2D eigenvalue weighted by Gasteiger charge is 2.32. The molecule has 2 N–H and O–H groups in total. The molecule has 96 valence electrons. The largest absolute Gasteiger partial charge is 0.419 e. The highest BCUT2D eigenvalue weighted by molar-refractivity contribution is 5.27. The summed E-state index contributed by atoms with van der Waals surface area (Å²) in [7, 11) is 0. The van der Waals surface area contributed by atoms with Gasteiger partial charge in [-0.1, -0.05) is 6.07 Å². The average Bonchev–Trinajstić information content (AvgIpc) is 2.78. The molecule has 0 aliphatic rings. The summed E-state index contributed by atoms with van der Waals surface area (Å²) in [6.45, 7) is 1.80. The molecule has 0 saturated heterocycles. The first-order valence-electron chi connectivity index (χ1n) is 5.21. The smallest absolute Gasteiger partial charge is 0.324 e. The summed E-state index contributed by atoms with van der Waals surface area (Å²) in [4.78, 5) is 4.02. The van der Waals surface area contributed by atoms with E-state index in [1.54, 1.807) is 19.1 Å². The Kier molecular flexibility index (Phi) is 3.08. The molecule has 0 unspecified atom stereocenters. The lowest BCUT2D eigenvalue weighted by Crippen LogP contribution is -2.06. The van der Waals surface area contributed by atoms with Crippen LogP contribution in [0.15, 0.2) is 30.7 Å². The van der Waals surface area contributed by atoms with Gasteiger partial charge in [-0.05, 0) is 18.6 Å². The van der Waals surface area contributed by atoms with Gasteiger partial charge in [0.15, 0.2) is 5.82 Å². The SMILES string of the molecule is C[C@@H](N)c1ccc(-n2cc(C(F)(F)F)cn2)nc1. The molecule has 0 aliphatic heterocycles. The fourth-order valence-corrected chi connectivity index (χ4v) is 1.40. The topological polar surface area (TPSA) is 56.7 Å². The summed E-state index contributed by atoms with van der Waals surface area (Å²) in [5.74, 6) is 0.315. The summed E-state index contributed by atoms with van der Waals surface area (Å²) >= 11 is 0. The normalized spacial score (nSPS) is 13.6. The molecule has 2 heterocycles. The Hall–Kier alpha value is -1.89. The molecule has 1 atom stereocenters. The summed E-state index contributed by atoms with van der Waals surface area (Å²) in [6, 6.07) is 3.11. The molecule has 7 heteroatoms. The molecule has 18 heavy (non-hydrogen) atoms. The Morgan fingerprint density at radius 3 is 2.44 bits per heavy atom. The van der Waals surface area contributed by atoms with Gasteiger partial charge >= 0.3 is 6.18 Å². The highest BCUT2D eigenvalue weighted by Crippen LogP contribution is 2.28. The van der Waals surface area contributed by atoms with Gasteiger partial charge < -0.3 is 5.73 Å². The van der Waals surface area contributed by atoms with Gasteiger partial charge in [0.25, 0.3) is 0 Å². The highest BCUT2D eigenvalue weighted by atomic mass is 19.4. The van der Waals surface area contributed by atoms with E-state index in [-0.39, 0.29) is 6.04 Å². The Morgan fingerprint density at radius 2 is 2.00 bits per heavy atom. The van der Waals surface area contributed by atoms with E-state index in [9.17, 15) is 13.2 Å². The van der Waals surface area contributed by atoms with Crippen molar-refractivity contribution in [1.82, 2.24) is 14.8 Å². The molecule has 2 rings (SSSR count). The Labute approximate surface area is 101 Å². The zero-order valence-corrected chi connectivity index (χ0v) is 9.52. The fraction of sp³-hybridized carbons (Fsp3) is 0.273. The first-order valence-corrected chi connectivity index (χ1v) is 5.21. The molecule has 0 bridgehead atoms. The van der Waals surface area contributed by atoms with E-state index in [2.05, 4.69) is 10.1 Å². The van der Waals surface area contributed by atoms with Crippen LogP contribution in [0.25, 0.3) is 5.82 Å². The molecule has 0 saturated carbocycles. The third kappa shape index (κ3) is 2.51. The van der Waals surface area contributed by atoms with Crippen LogP contribution in [0, 0.1) is 0 Å². The molecule has 0 amide bonds. The standard InChI is InChI=1S/C11H11F3N4/c1-7(15)8-2-3-10(16-4-8)18-6-9(5-17-18)11(12,13)14/h2-7H,15H2,1H3/t7-/m1/s1. The maximum Gasteiger partial charge on any atom is 0.419 e. The number of rotatable bonds is 2. The average molecular weight is 256 g/mol. The van der Waals surface area contributed by atoms with Crippen molar-refractivity contribution in [3.63, 3.8) is 0 Å². The Morgan fingerprint density at radius 1 is 1.28 bits per heavy atom. The van der Waals surface area contributed by atoms with Gasteiger partial charge in [-0.3, -0.25) is 0 Å². The van der Waals surface area contributed by atoms with Crippen molar-refractivity contribution < 1.29 is 13.2 Å². The minimum absolute atomic E-state index is 0.171. The molecule has 2 aromatic rings. The summed E-state index contributed by atoms with van der Waals surface area (Å²) in [5.41, 5.74) is 5.65. The van der Waals surface area contributed by atoms with Crippen molar-refractivity contribution in [1.29, 1.82) is 0 Å². The Balaban J connectivity index is 2.29. The summed E-state index contributed by atoms with van der Waals surface area (Å²) < 4.78 is 38.3. The zero-order valence-electron chi connectivity index (χ0n) is 9.52. The maximum atomic E-state index is 12.4. The van der Waals surface area contributed by atoms with Crippen molar-refractivity contribution in [3.05, 3.63) is 41.9 Å². The molecule has 0 fully saturated rings. The van der Waals surface area contributed by atoms with E-state index in [0.717, 1.165) is 22.6 Å². The number of pyridine rings is 1. The second-order valence-electron chi connectivity index (χ2n) is 3.91. The van der Waals surface area contributed by atoms with E-state index >= 15 is 0 Å². The van der Waals surface area contributed by atoms with Crippen LogP contribution in [-0.2, 0) is 6.18 Å². The minimum atomic E-state index is -4.40. The second-order valence-corrected chi connectivity index (χ2v) is 3.91. The van der Waals surface area contributed by atoms with Crippen molar-refractivity contribution in [2.45, 2.75) is 19.1 Å². The van der Waals surface area contributed by atoms with Crippen molar-refractivity contribution in [2.75, 3.05) is 0 Å². The number of alkyl halides is 3. The van der Waals surface area contributed by atoms with Crippen molar-refractivity contribution in [2.24, 2.45) is 5.73 Å². The van der Waals surface area contributed by atoms with Gasteiger partial charge in [0, 0.05) is 18.4 Å². The predicted octanol–water partition coefficient (Wildman–Crippen LogP) is 2.31. The molecular weight excluding hydrogens is 245 g/mol. The quantitative estimate of drug-likeness (QED) is 0.897. The monoisotopic (exact) mass is 256 g/mol. The lowest BCUT2D eigenvalue weighted by molar-refractivity contribution is -0.137. The van der Waals surface area contributed by atoms with Crippen molar-refractivity contribution >= 4 is 0 Å². The van der Waals surface area contributed by atoms with E-state index in [0.29, 0.717) is 5.82 Å². The first-order chi connectivity index (χ1) is 8.38. The van der Waals surface area contributed by atoms with Crippen molar-refractivity contribution in [3.8, 4) is 5.82 Å². The van der Waals surface area contributed by atoms with Gasteiger partial charge in [0.2, 0.25) is 0 Å². The molecule has 0 radical (unpaired) electrons. The van der Waals surface area contributed by atoms with Gasteiger partial charge in [-0.15, -0.1) is 0 Å². The summed E-state index contributed by atoms with van der Waals surface area (Å²) in [6.07, 6.45) is -1.21. The molecule has 0 spiro atoms. The molecule has 0 aromatic carbocycles. The molecule has 0 aliphatic carbocycles. The molecule has 4 nitrogen and oxygen atoms in total. The van der Waals surface area contributed by atoms with E-state index in [4.69, 9.17) is 5.73 Å². The third-order valence-corrected chi connectivity index (χ3v) is 2.44. The van der Waals surface area contributed by atoms with Crippen LogP contribution in [0.3, 0.4) is 0 Å². The number of nitrogens with two attached hydrogens (primary N) is 1. The molecular formula is C11H11F3N4. The van der Waals surface area contributed by atoms with Gasteiger partial charge in [0.1, 0.15) is 0 Å². The summed E-state index contributed by atoms with van der Waals surface area (Å²) in [5, 5.41) is 3.63. The second kappa shape index (κ2) is 4.41. The molecule has 2 aromatic heterocycles.